The highest BCUT2D eigenvalue weighted by Crippen LogP contribution is 2.22. The molecule has 6 heteroatoms. The summed E-state index contributed by atoms with van der Waals surface area (Å²) in [6.45, 7) is 3.59. The minimum Gasteiger partial charge on any atom is -0.323 e. The van der Waals surface area contributed by atoms with Crippen molar-refractivity contribution in [3.8, 4) is 0 Å². The molecule has 0 radical (unpaired) electrons. The standard InChI is InChI=1S/C8H10N4OS/c1-3(9)7-5-6(12-14-7)8(13)11-4(2)10-5/h3H,9H2,1-2H3,(H,10,11,13). The Bertz CT molecular complexity index is 528. The number of fused-ring (bicyclic) bond motifs is 1. The maximum atomic E-state index is 11.4. The van der Waals surface area contributed by atoms with E-state index < -0.39 is 0 Å². The van der Waals surface area contributed by atoms with Crippen molar-refractivity contribution in [1.29, 1.82) is 0 Å². The molecule has 0 amide bonds. The minimum atomic E-state index is -0.198. The average Bonchev–Trinajstić information content (AvgIpc) is 2.47. The predicted molar refractivity (Wildman–Crippen MR) is 55.4 cm³/mol. The Labute approximate surface area is 84.1 Å². The van der Waals surface area contributed by atoms with E-state index in [0.717, 1.165) is 4.88 Å². The lowest BCUT2D eigenvalue weighted by molar-refractivity contribution is 0.841. The number of aryl methyl sites for hydroxylation is 1. The zero-order chi connectivity index (χ0) is 10.3. The van der Waals surface area contributed by atoms with Gasteiger partial charge in [0.05, 0.1) is 4.88 Å². The minimum absolute atomic E-state index is 0.140. The van der Waals surface area contributed by atoms with E-state index >= 15 is 0 Å². The van der Waals surface area contributed by atoms with Crippen molar-refractivity contribution in [2.45, 2.75) is 19.9 Å². The molecule has 0 spiro atoms. The Hall–Kier alpha value is -1.27. The van der Waals surface area contributed by atoms with Crippen LogP contribution in [0.15, 0.2) is 4.79 Å². The SMILES string of the molecule is Cc1nc2c(C(C)N)snc2c(=O)[nH]1. The van der Waals surface area contributed by atoms with Crippen molar-refractivity contribution in [3.63, 3.8) is 0 Å². The molecule has 2 aromatic heterocycles. The highest BCUT2D eigenvalue weighted by atomic mass is 32.1. The highest BCUT2D eigenvalue weighted by molar-refractivity contribution is 7.07. The molecule has 74 valence electrons. The second-order valence-corrected chi connectivity index (χ2v) is 3.99. The molecule has 5 nitrogen and oxygen atoms in total. The van der Waals surface area contributed by atoms with Gasteiger partial charge in [0.15, 0.2) is 5.52 Å². The van der Waals surface area contributed by atoms with Crippen molar-refractivity contribution >= 4 is 22.6 Å². The fourth-order valence-corrected chi connectivity index (χ4v) is 2.03. The summed E-state index contributed by atoms with van der Waals surface area (Å²) in [5, 5.41) is 0. The number of aromatic amines is 1. The molecule has 0 saturated heterocycles. The summed E-state index contributed by atoms with van der Waals surface area (Å²) in [7, 11) is 0. The third kappa shape index (κ3) is 1.32. The number of H-pyrrole nitrogens is 1. The van der Waals surface area contributed by atoms with E-state index in [1.165, 1.54) is 11.5 Å². The van der Waals surface area contributed by atoms with Gasteiger partial charge in [-0.2, -0.15) is 4.37 Å². The highest BCUT2D eigenvalue weighted by Gasteiger charge is 2.13. The van der Waals surface area contributed by atoms with Gasteiger partial charge >= 0.3 is 0 Å². The van der Waals surface area contributed by atoms with Crippen LogP contribution in [-0.2, 0) is 0 Å². The Morgan fingerprint density at radius 2 is 2.21 bits per heavy atom. The van der Waals surface area contributed by atoms with E-state index in [2.05, 4.69) is 14.3 Å². The fourth-order valence-electron chi connectivity index (χ4n) is 1.27. The molecular weight excluding hydrogens is 200 g/mol. The molecule has 0 aliphatic rings. The Balaban J connectivity index is 2.85. The topological polar surface area (TPSA) is 84.7 Å². The molecule has 0 aliphatic carbocycles. The van der Waals surface area contributed by atoms with Gasteiger partial charge in [-0.1, -0.05) is 0 Å². The smallest absolute Gasteiger partial charge is 0.278 e. The van der Waals surface area contributed by atoms with Crippen LogP contribution in [0.3, 0.4) is 0 Å². The summed E-state index contributed by atoms with van der Waals surface area (Å²) in [6.07, 6.45) is 0. The normalized spacial score (nSPS) is 13.4. The monoisotopic (exact) mass is 210 g/mol. The lowest BCUT2D eigenvalue weighted by Gasteiger charge is -2.00. The summed E-state index contributed by atoms with van der Waals surface area (Å²) in [5.41, 5.74) is 6.56. The van der Waals surface area contributed by atoms with Gasteiger partial charge in [0, 0.05) is 6.04 Å². The van der Waals surface area contributed by atoms with E-state index in [1.54, 1.807) is 6.92 Å². The molecule has 0 saturated carbocycles. The maximum absolute atomic E-state index is 11.4. The van der Waals surface area contributed by atoms with E-state index in [-0.39, 0.29) is 11.6 Å². The Morgan fingerprint density at radius 1 is 1.50 bits per heavy atom. The van der Waals surface area contributed by atoms with Crippen LogP contribution in [0.5, 0.6) is 0 Å². The fraction of sp³-hybridized carbons (Fsp3) is 0.375. The maximum Gasteiger partial charge on any atom is 0.278 e. The number of aromatic nitrogens is 3. The molecule has 0 bridgehead atoms. The first-order valence-electron chi connectivity index (χ1n) is 4.21. The molecule has 3 N–H and O–H groups in total. The number of hydrogen-bond acceptors (Lipinski definition) is 5. The van der Waals surface area contributed by atoms with Crippen LogP contribution < -0.4 is 11.3 Å². The van der Waals surface area contributed by atoms with Crippen LogP contribution in [-0.4, -0.2) is 14.3 Å². The first-order chi connectivity index (χ1) is 6.59. The van der Waals surface area contributed by atoms with Crippen molar-refractivity contribution in [2.24, 2.45) is 5.73 Å². The second-order valence-electron chi connectivity index (χ2n) is 3.18. The van der Waals surface area contributed by atoms with Crippen LogP contribution in [0, 0.1) is 6.92 Å². The molecule has 1 unspecified atom stereocenters. The van der Waals surface area contributed by atoms with E-state index in [1.807, 2.05) is 6.92 Å². The van der Waals surface area contributed by atoms with Crippen LogP contribution in [0.2, 0.25) is 0 Å². The van der Waals surface area contributed by atoms with E-state index in [0.29, 0.717) is 16.9 Å². The lowest BCUT2D eigenvalue weighted by atomic mass is 10.2. The van der Waals surface area contributed by atoms with Crippen LogP contribution >= 0.6 is 11.5 Å². The summed E-state index contributed by atoms with van der Waals surface area (Å²) in [4.78, 5) is 19.1. The number of nitrogens with two attached hydrogens (primary N) is 1. The third-order valence-corrected chi connectivity index (χ3v) is 2.93. The lowest BCUT2D eigenvalue weighted by Crippen LogP contribution is -2.10. The van der Waals surface area contributed by atoms with Crippen molar-refractivity contribution in [1.82, 2.24) is 14.3 Å². The van der Waals surface area contributed by atoms with Gasteiger partial charge < -0.3 is 10.7 Å². The molecule has 0 fully saturated rings. The number of nitrogens with one attached hydrogen (secondary N) is 1. The van der Waals surface area contributed by atoms with Gasteiger partial charge in [0.1, 0.15) is 11.3 Å². The molecule has 1 atom stereocenters. The van der Waals surface area contributed by atoms with Crippen LogP contribution in [0.1, 0.15) is 23.7 Å². The summed E-state index contributed by atoms with van der Waals surface area (Å²) in [6, 6.07) is -0.140. The van der Waals surface area contributed by atoms with Crippen molar-refractivity contribution in [2.75, 3.05) is 0 Å². The van der Waals surface area contributed by atoms with Crippen molar-refractivity contribution < 1.29 is 0 Å². The van der Waals surface area contributed by atoms with Crippen LogP contribution in [0.4, 0.5) is 0 Å². The first-order valence-corrected chi connectivity index (χ1v) is 4.98. The molecular formula is C8H10N4OS. The predicted octanol–water partition coefficient (Wildman–Crippen LogP) is 0.708. The van der Waals surface area contributed by atoms with Crippen molar-refractivity contribution in [3.05, 3.63) is 21.1 Å². The Morgan fingerprint density at radius 3 is 2.86 bits per heavy atom. The molecule has 2 aromatic rings. The Kier molecular flexibility index (Phi) is 2.09. The van der Waals surface area contributed by atoms with Gasteiger partial charge in [-0.3, -0.25) is 4.79 Å². The second kappa shape index (κ2) is 3.14. The van der Waals surface area contributed by atoms with Gasteiger partial charge in [0.25, 0.3) is 5.56 Å². The number of nitrogens with zero attached hydrogens (tertiary/aromatic N) is 2. The van der Waals surface area contributed by atoms with Crippen LogP contribution in [0.25, 0.3) is 11.0 Å². The average molecular weight is 210 g/mol. The zero-order valence-corrected chi connectivity index (χ0v) is 8.68. The van der Waals surface area contributed by atoms with Gasteiger partial charge in [-0.05, 0) is 25.4 Å². The van der Waals surface area contributed by atoms with Gasteiger partial charge in [-0.25, -0.2) is 4.98 Å². The summed E-state index contributed by atoms with van der Waals surface area (Å²) >= 11 is 1.24. The molecule has 14 heavy (non-hydrogen) atoms. The first kappa shape index (κ1) is 9.29. The van der Waals surface area contributed by atoms with Gasteiger partial charge in [0.2, 0.25) is 0 Å². The van der Waals surface area contributed by atoms with E-state index in [4.69, 9.17) is 5.73 Å². The molecule has 0 aromatic carbocycles. The number of rotatable bonds is 1. The molecule has 2 heterocycles. The summed E-state index contributed by atoms with van der Waals surface area (Å²) in [5.74, 6) is 0.588. The summed E-state index contributed by atoms with van der Waals surface area (Å²) < 4.78 is 4.04. The molecule has 0 aliphatic heterocycles. The molecule has 2 rings (SSSR count). The quantitative estimate of drug-likeness (QED) is 0.725. The van der Waals surface area contributed by atoms with E-state index in [9.17, 15) is 4.79 Å². The third-order valence-electron chi connectivity index (χ3n) is 1.90. The zero-order valence-electron chi connectivity index (χ0n) is 7.87. The largest absolute Gasteiger partial charge is 0.323 e. The number of hydrogen-bond donors (Lipinski definition) is 2. The van der Waals surface area contributed by atoms with Gasteiger partial charge in [-0.15, -0.1) is 0 Å².